The summed E-state index contributed by atoms with van der Waals surface area (Å²) in [4.78, 5) is 20.2. The number of nitrogens with zero attached hydrogens (tertiary/aromatic N) is 3. The van der Waals surface area contributed by atoms with E-state index >= 15 is 0 Å². The van der Waals surface area contributed by atoms with Crippen LogP contribution in [0.1, 0.15) is 25.7 Å². The predicted octanol–water partition coefficient (Wildman–Crippen LogP) is 0.789. The van der Waals surface area contributed by atoms with Crippen LogP contribution in [0.5, 0.6) is 0 Å². The monoisotopic (exact) mass is 310 g/mol. The number of fused-ring (bicyclic) bond motifs is 1. The fourth-order valence-electron chi connectivity index (χ4n) is 3.40. The molecule has 0 spiro atoms. The van der Waals surface area contributed by atoms with Crippen LogP contribution in [-0.4, -0.2) is 75.7 Å². The highest BCUT2D eigenvalue weighted by Gasteiger charge is 2.35. The van der Waals surface area contributed by atoms with Crippen LogP contribution in [0, 0.1) is 11.8 Å². The van der Waals surface area contributed by atoms with Crippen LogP contribution >= 0.6 is 0 Å². The van der Waals surface area contributed by atoms with Crippen LogP contribution in [0.25, 0.3) is 0 Å². The van der Waals surface area contributed by atoms with E-state index in [-0.39, 0.29) is 12.5 Å². The van der Waals surface area contributed by atoms with Gasteiger partial charge >= 0.3 is 0 Å². The Kier molecular flexibility index (Phi) is 6.49. The van der Waals surface area contributed by atoms with Crippen LogP contribution in [0.2, 0.25) is 0 Å². The molecule has 0 aromatic carbocycles. The van der Waals surface area contributed by atoms with E-state index in [2.05, 4.69) is 15.2 Å². The molecule has 2 fully saturated rings. The van der Waals surface area contributed by atoms with Gasteiger partial charge in [0.2, 0.25) is 5.91 Å². The van der Waals surface area contributed by atoms with Crippen molar-refractivity contribution in [2.24, 2.45) is 16.8 Å². The van der Waals surface area contributed by atoms with E-state index in [1.165, 1.54) is 25.7 Å². The molecule has 6 nitrogen and oxygen atoms in total. The lowest BCUT2D eigenvalue weighted by Crippen LogP contribution is -2.42. The van der Waals surface area contributed by atoms with Crippen LogP contribution in [0.3, 0.4) is 0 Å². The second-order valence-corrected chi connectivity index (χ2v) is 6.56. The maximum atomic E-state index is 11.8. The van der Waals surface area contributed by atoms with Crippen molar-refractivity contribution in [3.05, 3.63) is 0 Å². The lowest BCUT2D eigenvalue weighted by Gasteiger charge is -2.22. The molecule has 1 aliphatic carbocycles. The number of carbonyl (C=O) groups excluding carboxylic acids is 1. The summed E-state index contributed by atoms with van der Waals surface area (Å²) in [6.45, 7) is 3.70. The molecule has 2 rings (SSSR count). The van der Waals surface area contributed by atoms with Crippen molar-refractivity contribution in [1.29, 1.82) is 0 Å². The fourth-order valence-corrected chi connectivity index (χ4v) is 3.40. The molecule has 0 bridgehead atoms. The smallest absolute Gasteiger partial charge is 0.243 e. The topological polar surface area (TPSA) is 57.2 Å². The van der Waals surface area contributed by atoms with Crippen molar-refractivity contribution in [3.63, 3.8) is 0 Å². The molecule has 1 saturated carbocycles. The maximum Gasteiger partial charge on any atom is 0.243 e. The van der Waals surface area contributed by atoms with Crippen molar-refractivity contribution < 1.29 is 9.53 Å². The number of rotatable bonds is 5. The summed E-state index contributed by atoms with van der Waals surface area (Å²) >= 11 is 0. The molecule has 0 aromatic rings. The van der Waals surface area contributed by atoms with E-state index in [4.69, 9.17) is 4.74 Å². The molecule has 1 amide bonds. The van der Waals surface area contributed by atoms with Crippen molar-refractivity contribution >= 4 is 11.9 Å². The average molecular weight is 310 g/mol. The Hall–Kier alpha value is -1.30. The van der Waals surface area contributed by atoms with Gasteiger partial charge in [0.05, 0.1) is 6.61 Å². The fraction of sp³-hybridized carbons (Fsp3) is 0.875. The van der Waals surface area contributed by atoms with Crippen LogP contribution in [-0.2, 0) is 9.53 Å². The van der Waals surface area contributed by atoms with Gasteiger partial charge in [0.15, 0.2) is 5.96 Å². The zero-order valence-electron chi connectivity index (χ0n) is 14.2. The third-order valence-corrected chi connectivity index (χ3v) is 4.73. The first-order chi connectivity index (χ1) is 10.6. The van der Waals surface area contributed by atoms with Crippen molar-refractivity contribution in [2.45, 2.75) is 25.7 Å². The maximum absolute atomic E-state index is 11.8. The number of hydrogen-bond acceptors (Lipinski definition) is 3. The second-order valence-electron chi connectivity index (χ2n) is 6.56. The highest BCUT2D eigenvalue weighted by molar-refractivity contribution is 5.85. The van der Waals surface area contributed by atoms with Crippen LogP contribution in [0.15, 0.2) is 4.99 Å². The first kappa shape index (κ1) is 17.1. The predicted molar refractivity (Wildman–Crippen MR) is 87.9 cm³/mol. The van der Waals surface area contributed by atoms with Crippen LogP contribution in [0.4, 0.5) is 0 Å². The number of guanidine groups is 1. The average Bonchev–Trinajstić information content (AvgIpc) is 2.94. The quantitative estimate of drug-likeness (QED) is 0.463. The summed E-state index contributed by atoms with van der Waals surface area (Å²) in [7, 11) is 5.22. The molecule has 2 aliphatic rings. The van der Waals surface area contributed by atoms with E-state index in [0.717, 1.165) is 37.4 Å². The third kappa shape index (κ3) is 4.60. The number of ether oxygens (including phenoxy) is 1. The van der Waals surface area contributed by atoms with E-state index in [1.807, 2.05) is 0 Å². The normalized spacial score (nSPS) is 25.0. The Morgan fingerprint density at radius 2 is 1.91 bits per heavy atom. The SMILES string of the molecule is COCCNC(=NCC(=O)N(C)C)N1C[C@H]2CCCC[C@H]2C1. The van der Waals surface area contributed by atoms with Gasteiger partial charge in [-0.25, -0.2) is 4.99 Å². The molecule has 6 heteroatoms. The van der Waals surface area contributed by atoms with Crippen molar-refractivity contribution in [1.82, 2.24) is 15.1 Å². The highest BCUT2D eigenvalue weighted by atomic mass is 16.5. The minimum Gasteiger partial charge on any atom is -0.383 e. The van der Waals surface area contributed by atoms with Gasteiger partial charge in [-0.3, -0.25) is 4.79 Å². The molecule has 0 aromatic heterocycles. The summed E-state index contributed by atoms with van der Waals surface area (Å²) in [5, 5.41) is 3.35. The summed E-state index contributed by atoms with van der Waals surface area (Å²) in [6, 6.07) is 0. The second kappa shape index (κ2) is 8.36. The number of methoxy groups -OCH3 is 1. The standard InChI is InChI=1S/C16H30N4O2/c1-19(2)15(21)10-18-16(17-8-9-22-3)20-11-13-6-4-5-7-14(13)12-20/h13-14H,4-12H2,1-3H3,(H,17,18)/t13-,14+. The molecule has 0 radical (unpaired) electrons. The van der Waals surface area contributed by atoms with E-state index in [0.29, 0.717) is 6.61 Å². The van der Waals surface area contributed by atoms with Gasteiger partial charge in [-0.1, -0.05) is 12.8 Å². The molecule has 0 unspecified atom stereocenters. The Labute approximate surface area is 133 Å². The third-order valence-electron chi connectivity index (χ3n) is 4.73. The van der Waals surface area contributed by atoms with Gasteiger partial charge in [0, 0.05) is 40.8 Å². The van der Waals surface area contributed by atoms with E-state index < -0.39 is 0 Å². The Bertz CT molecular complexity index is 384. The van der Waals surface area contributed by atoms with Crippen molar-refractivity contribution in [2.75, 3.05) is 54.0 Å². The highest BCUT2D eigenvalue weighted by Crippen LogP contribution is 2.35. The molecule has 1 aliphatic heterocycles. The molecule has 1 heterocycles. The van der Waals surface area contributed by atoms with Crippen molar-refractivity contribution in [3.8, 4) is 0 Å². The molecule has 1 N–H and O–H groups in total. The lowest BCUT2D eigenvalue weighted by molar-refractivity contribution is -0.127. The van der Waals surface area contributed by atoms with E-state index in [9.17, 15) is 4.79 Å². The van der Waals surface area contributed by atoms with Crippen LogP contribution < -0.4 is 5.32 Å². The van der Waals surface area contributed by atoms with Gasteiger partial charge in [-0.15, -0.1) is 0 Å². The zero-order chi connectivity index (χ0) is 15.9. The number of likely N-dealkylation sites (N-methyl/N-ethyl adjacent to an activating group) is 1. The number of likely N-dealkylation sites (tertiary alicyclic amines) is 1. The zero-order valence-corrected chi connectivity index (χ0v) is 14.2. The van der Waals surface area contributed by atoms with Gasteiger partial charge in [0.25, 0.3) is 0 Å². The van der Waals surface area contributed by atoms with E-state index in [1.54, 1.807) is 26.1 Å². The van der Waals surface area contributed by atoms with Gasteiger partial charge in [0.1, 0.15) is 6.54 Å². The number of amides is 1. The number of aliphatic imine (C=N–C) groups is 1. The minimum absolute atomic E-state index is 0.0302. The number of nitrogens with one attached hydrogen (secondary N) is 1. The van der Waals surface area contributed by atoms with Gasteiger partial charge in [-0.05, 0) is 24.7 Å². The number of carbonyl (C=O) groups is 1. The molecule has 22 heavy (non-hydrogen) atoms. The first-order valence-electron chi connectivity index (χ1n) is 8.34. The molecule has 126 valence electrons. The lowest BCUT2D eigenvalue weighted by atomic mass is 9.82. The summed E-state index contributed by atoms with van der Waals surface area (Å²) in [6.07, 6.45) is 5.39. The Morgan fingerprint density at radius 1 is 1.27 bits per heavy atom. The molecule has 1 saturated heterocycles. The first-order valence-corrected chi connectivity index (χ1v) is 8.34. The molecule has 2 atom stereocenters. The number of hydrogen-bond donors (Lipinski definition) is 1. The minimum atomic E-state index is 0.0302. The Morgan fingerprint density at radius 3 is 2.45 bits per heavy atom. The summed E-state index contributed by atoms with van der Waals surface area (Å²) in [5.74, 6) is 2.49. The molecular weight excluding hydrogens is 280 g/mol. The van der Waals surface area contributed by atoms with Gasteiger partial charge < -0.3 is 19.9 Å². The largest absolute Gasteiger partial charge is 0.383 e. The van der Waals surface area contributed by atoms with Gasteiger partial charge in [-0.2, -0.15) is 0 Å². The molecular formula is C16H30N4O2. The Balaban J connectivity index is 1.97. The summed E-state index contributed by atoms with van der Waals surface area (Å²) in [5.41, 5.74) is 0. The summed E-state index contributed by atoms with van der Waals surface area (Å²) < 4.78 is 5.10.